The van der Waals surface area contributed by atoms with Crippen LogP contribution in [0.25, 0.3) is 22.3 Å². The standard InChI is InChI=1S/C33H38O23/c34-6-14-17(39)20(42)24(46)32(52-14)56-29-22(44)18(40)15(7-35)53-33(29)54-27-19(41)16-12(38)4-9(50-31-25(47)21(43)23(45)28(55-31)30(48)49)5-13(16)51-26(27)8-1-2-10(36)11(37)3-8/h1-5,14-15,17-18,20-25,28-29,31-40,42-47H,6-7H2,(H,48,49)/t14?,15?,17-,18-,20?,21+,22?,23+,24-,25?,28?,29?,31-,32+,33+/m1/s1. The number of aliphatic carboxylic acids is 1. The minimum Gasteiger partial charge on any atom is -0.507 e. The summed E-state index contributed by atoms with van der Waals surface area (Å²) in [4.78, 5) is 25.8. The first-order valence-electron chi connectivity index (χ1n) is 16.7. The number of aliphatic hydroxyl groups is 10. The van der Waals surface area contributed by atoms with Gasteiger partial charge < -0.3 is 104 Å². The van der Waals surface area contributed by atoms with Gasteiger partial charge in [-0.2, -0.15) is 0 Å². The van der Waals surface area contributed by atoms with Crippen LogP contribution in [0.1, 0.15) is 0 Å². The summed E-state index contributed by atoms with van der Waals surface area (Å²) in [6.45, 7) is -1.81. The molecule has 3 aliphatic rings. The zero-order valence-electron chi connectivity index (χ0n) is 28.4. The van der Waals surface area contributed by atoms with Gasteiger partial charge in [0.05, 0.1) is 13.2 Å². The molecule has 3 fully saturated rings. The number of benzene rings is 2. The molecule has 23 nitrogen and oxygen atoms in total. The van der Waals surface area contributed by atoms with E-state index < -0.39 is 162 Å². The smallest absolute Gasteiger partial charge is 0.335 e. The molecule has 4 heterocycles. The summed E-state index contributed by atoms with van der Waals surface area (Å²) >= 11 is 0. The van der Waals surface area contributed by atoms with Crippen LogP contribution in [-0.4, -0.2) is 183 Å². The molecule has 0 radical (unpaired) electrons. The molecule has 1 aromatic heterocycles. The van der Waals surface area contributed by atoms with Crippen LogP contribution in [0, 0.1) is 0 Å². The number of hydrogen-bond donors (Lipinski definition) is 14. The molecule has 0 bridgehead atoms. The van der Waals surface area contributed by atoms with Crippen LogP contribution in [-0.2, 0) is 23.7 Å². The Balaban J connectivity index is 1.43. The lowest BCUT2D eigenvalue weighted by atomic mass is 9.97. The molecule has 3 aliphatic heterocycles. The molecule has 14 N–H and O–H groups in total. The van der Waals surface area contributed by atoms with Crippen molar-refractivity contribution in [1.82, 2.24) is 0 Å². The number of hydrogen-bond acceptors (Lipinski definition) is 22. The van der Waals surface area contributed by atoms with Crippen molar-refractivity contribution in [3.05, 3.63) is 40.6 Å². The second-order valence-electron chi connectivity index (χ2n) is 13.1. The number of phenols is 3. The number of carbonyl (C=O) groups is 1. The van der Waals surface area contributed by atoms with E-state index in [1.807, 2.05) is 0 Å². The van der Waals surface area contributed by atoms with Gasteiger partial charge in [-0.3, -0.25) is 4.79 Å². The first-order valence-corrected chi connectivity index (χ1v) is 16.7. The van der Waals surface area contributed by atoms with Crippen LogP contribution >= 0.6 is 0 Å². The predicted molar refractivity (Wildman–Crippen MR) is 175 cm³/mol. The van der Waals surface area contributed by atoms with Crippen molar-refractivity contribution in [3.8, 4) is 40.1 Å². The molecule has 7 unspecified atom stereocenters. The van der Waals surface area contributed by atoms with Crippen LogP contribution < -0.4 is 14.9 Å². The zero-order valence-corrected chi connectivity index (χ0v) is 28.4. The van der Waals surface area contributed by atoms with E-state index >= 15 is 0 Å². The van der Waals surface area contributed by atoms with Gasteiger partial charge in [0.25, 0.3) is 0 Å². The van der Waals surface area contributed by atoms with Crippen molar-refractivity contribution in [2.75, 3.05) is 13.2 Å². The normalized spacial score (nSPS) is 36.3. The maximum absolute atomic E-state index is 14.2. The van der Waals surface area contributed by atoms with E-state index in [-0.39, 0.29) is 5.56 Å². The molecule has 2 aromatic carbocycles. The number of carboxylic acids is 1. The molecule has 308 valence electrons. The van der Waals surface area contributed by atoms with Gasteiger partial charge in [0.1, 0.15) is 83.5 Å². The lowest BCUT2D eigenvalue weighted by Gasteiger charge is -2.45. The van der Waals surface area contributed by atoms with Gasteiger partial charge in [0, 0.05) is 17.7 Å². The fourth-order valence-electron chi connectivity index (χ4n) is 6.32. The monoisotopic (exact) mass is 802 g/mol. The van der Waals surface area contributed by atoms with E-state index in [9.17, 15) is 81.1 Å². The van der Waals surface area contributed by atoms with Crippen LogP contribution in [0.4, 0.5) is 0 Å². The summed E-state index contributed by atoms with van der Waals surface area (Å²) in [5, 5.41) is 143. The lowest BCUT2D eigenvalue weighted by molar-refractivity contribution is -0.358. The van der Waals surface area contributed by atoms with Gasteiger partial charge in [-0.15, -0.1) is 0 Å². The zero-order chi connectivity index (χ0) is 40.9. The van der Waals surface area contributed by atoms with Crippen LogP contribution in [0.2, 0.25) is 0 Å². The summed E-state index contributed by atoms with van der Waals surface area (Å²) < 4.78 is 39.0. The predicted octanol–water partition coefficient (Wildman–Crippen LogP) is -5.15. The van der Waals surface area contributed by atoms with E-state index in [0.717, 1.165) is 30.3 Å². The van der Waals surface area contributed by atoms with Crippen LogP contribution in [0.3, 0.4) is 0 Å². The number of aliphatic hydroxyl groups excluding tert-OH is 10. The first kappa shape index (κ1) is 41.2. The fourth-order valence-corrected chi connectivity index (χ4v) is 6.32. The number of phenolic OH excluding ortho intramolecular Hbond substituents is 3. The molecule has 0 amide bonds. The van der Waals surface area contributed by atoms with Crippen molar-refractivity contribution in [3.63, 3.8) is 0 Å². The Kier molecular flexibility index (Phi) is 11.9. The second-order valence-corrected chi connectivity index (χ2v) is 13.1. The molecule has 0 spiro atoms. The largest absolute Gasteiger partial charge is 0.507 e. The molecular formula is C33H38O23. The Bertz CT molecular complexity index is 1950. The number of fused-ring (bicyclic) bond motifs is 1. The average molecular weight is 803 g/mol. The SMILES string of the molecule is O=C(O)C1O[C@@H](Oc2cc(O)c3c(=O)c(O[C@@H]4OC(CO)[C@@H](O)C(O)C4O[C@@H]4OC(CO)[C@@H](O)C(O)[C@H]4O)c(-c4ccc(O)c(O)c4)oc3c2)C(O)[C@@H](O)[C@@H]1O. The molecule has 6 rings (SSSR count). The third-order valence-electron chi connectivity index (χ3n) is 9.41. The highest BCUT2D eigenvalue weighted by Gasteiger charge is 2.52. The maximum Gasteiger partial charge on any atom is 0.335 e. The third-order valence-corrected chi connectivity index (χ3v) is 9.41. The molecular weight excluding hydrogens is 764 g/mol. The van der Waals surface area contributed by atoms with Gasteiger partial charge in [0.2, 0.25) is 23.8 Å². The fraction of sp³-hybridized carbons (Fsp3) is 0.515. The van der Waals surface area contributed by atoms with E-state index in [4.69, 9.17) is 32.8 Å². The van der Waals surface area contributed by atoms with Gasteiger partial charge in [-0.25, -0.2) is 4.79 Å². The minimum atomic E-state index is -2.07. The Morgan fingerprint density at radius 2 is 1.25 bits per heavy atom. The molecule has 56 heavy (non-hydrogen) atoms. The highest BCUT2D eigenvalue weighted by atomic mass is 16.8. The van der Waals surface area contributed by atoms with E-state index in [1.165, 1.54) is 0 Å². The average Bonchev–Trinajstić information content (AvgIpc) is 3.16. The van der Waals surface area contributed by atoms with Crippen LogP contribution in [0.5, 0.6) is 28.7 Å². The molecule has 23 heteroatoms. The molecule has 3 saturated heterocycles. The van der Waals surface area contributed by atoms with E-state index in [0.29, 0.717) is 0 Å². The number of carboxylic acid groups (broad SMARTS) is 1. The Hall–Kier alpha value is -4.44. The number of ether oxygens (including phenoxy) is 6. The van der Waals surface area contributed by atoms with Gasteiger partial charge in [-0.05, 0) is 18.2 Å². The Morgan fingerprint density at radius 1 is 0.643 bits per heavy atom. The topological polar surface area (TPSA) is 386 Å². The minimum absolute atomic E-state index is 0.200. The van der Waals surface area contributed by atoms with E-state index in [2.05, 4.69) is 0 Å². The summed E-state index contributed by atoms with van der Waals surface area (Å²) in [5.41, 5.74) is -1.93. The summed E-state index contributed by atoms with van der Waals surface area (Å²) in [6, 6.07) is 4.78. The molecule has 0 saturated carbocycles. The van der Waals surface area contributed by atoms with E-state index in [1.54, 1.807) is 0 Å². The second kappa shape index (κ2) is 16.2. The van der Waals surface area contributed by atoms with Gasteiger partial charge in [0.15, 0.2) is 35.8 Å². The Labute approximate surface area is 312 Å². The van der Waals surface area contributed by atoms with Gasteiger partial charge in [-0.1, -0.05) is 0 Å². The lowest BCUT2D eigenvalue weighted by Crippen LogP contribution is -2.65. The summed E-state index contributed by atoms with van der Waals surface area (Å²) in [5.74, 6) is -5.87. The van der Waals surface area contributed by atoms with Crippen molar-refractivity contribution in [2.45, 2.75) is 92.1 Å². The molecule has 0 aliphatic carbocycles. The third kappa shape index (κ3) is 7.53. The highest BCUT2D eigenvalue weighted by molar-refractivity contribution is 5.88. The number of aromatic hydroxyl groups is 3. The summed E-state index contributed by atoms with van der Waals surface area (Å²) in [7, 11) is 0. The number of rotatable bonds is 10. The molecule has 15 atom stereocenters. The van der Waals surface area contributed by atoms with Gasteiger partial charge >= 0.3 is 5.97 Å². The summed E-state index contributed by atoms with van der Waals surface area (Å²) in [6.07, 6.45) is -29.1. The van der Waals surface area contributed by atoms with Crippen molar-refractivity contribution in [2.24, 2.45) is 0 Å². The Morgan fingerprint density at radius 3 is 1.88 bits per heavy atom. The van der Waals surface area contributed by atoms with Crippen LogP contribution in [0.15, 0.2) is 39.5 Å². The van der Waals surface area contributed by atoms with Crippen molar-refractivity contribution < 1.29 is 109 Å². The maximum atomic E-state index is 14.2. The first-order chi connectivity index (χ1) is 26.5. The molecule has 3 aromatic rings. The van der Waals surface area contributed by atoms with Crippen molar-refractivity contribution in [1.29, 1.82) is 0 Å². The quantitative estimate of drug-likeness (QED) is 0.0852. The highest BCUT2D eigenvalue weighted by Crippen LogP contribution is 2.41. The van der Waals surface area contributed by atoms with Crippen molar-refractivity contribution >= 4 is 16.9 Å².